The second-order valence-electron chi connectivity index (χ2n) is 6.29. The van der Waals surface area contributed by atoms with E-state index in [0.717, 1.165) is 29.7 Å². The summed E-state index contributed by atoms with van der Waals surface area (Å²) in [6.45, 7) is 6.27. The van der Waals surface area contributed by atoms with E-state index in [1.54, 1.807) is 0 Å². The van der Waals surface area contributed by atoms with Gasteiger partial charge in [0, 0.05) is 11.1 Å². The number of hydrogen-bond acceptors (Lipinski definition) is 2. The lowest BCUT2D eigenvalue weighted by atomic mass is 9.96. The van der Waals surface area contributed by atoms with Crippen LogP contribution in [0.15, 0.2) is 29.3 Å². The average molecular weight is 369 g/mol. The van der Waals surface area contributed by atoms with Crippen LogP contribution in [0, 0.1) is 37.3 Å². The number of isothiocyanates is 1. The molecular weight excluding hydrogens is 348 g/mol. The first-order valence-electron chi connectivity index (χ1n) is 8.65. The van der Waals surface area contributed by atoms with Crippen LogP contribution in [0.5, 0.6) is 0 Å². The van der Waals surface area contributed by atoms with Gasteiger partial charge in [-0.25, -0.2) is 8.78 Å². The predicted octanol–water partition coefficient (Wildman–Crippen LogP) is 6.45. The van der Waals surface area contributed by atoms with E-state index < -0.39 is 17.3 Å². The molecule has 26 heavy (non-hydrogen) atoms. The molecule has 0 saturated heterocycles. The summed E-state index contributed by atoms with van der Waals surface area (Å²) in [6, 6.07) is 6.51. The first-order valence-corrected chi connectivity index (χ1v) is 9.06. The normalized spacial score (nSPS) is 10.0. The summed E-state index contributed by atoms with van der Waals surface area (Å²) in [7, 11) is 0. The molecule has 0 unspecified atom stereocenters. The Balaban J connectivity index is 2.30. The Morgan fingerprint density at radius 2 is 1.65 bits per heavy atom. The fourth-order valence-corrected chi connectivity index (χ4v) is 2.87. The highest BCUT2D eigenvalue weighted by molar-refractivity contribution is 7.78. The predicted molar refractivity (Wildman–Crippen MR) is 106 cm³/mol. The molecule has 0 spiro atoms. The molecule has 1 nitrogen and oxygen atoms in total. The number of hydrogen-bond donors (Lipinski definition) is 0. The van der Waals surface area contributed by atoms with Crippen molar-refractivity contribution in [1.82, 2.24) is 0 Å². The average Bonchev–Trinajstić information content (AvgIpc) is 2.59. The molecule has 0 atom stereocenters. The molecule has 4 heteroatoms. The highest BCUT2D eigenvalue weighted by atomic mass is 32.1. The van der Waals surface area contributed by atoms with Gasteiger partial charge in [-0.05, 0) is 73.8 Å². The minimum atomic E-state index is -0.800. The highest BCUT2D eigenvalue weighted by Crippen LogP contribution is 2.23. The van der Waals surface area contributed by atoms with E-state index in [0.29, 0.717) is 0 Å². The lowest BCUT2D eigenvalue weighted by Crippen LogP contribution is -1.94. The van der Waals surface area contributed by atoms with Gasteiger partial charge in [0.1, 0.15) is 5.69 Å². The molecule has 0 radical (unpaired) electrons. The smallest absolute Gasteiger partial charge is 0.153 e. The van der Waals surface area contributed by atoms with Gasteiger partial charge in [0.2, 0.25) is 0 Å². The number of aryl methyl sites for hydroxylation is 3. The maximum atomic E-state index is 13.9. The van der Waals surface area contributed by atoms with Crippen LogP contribution in [0.2, 0.25) is 0 Å². The Labute approximate surface area is 159 Å². The molecule has 0 aliphatic heterocycles. The van der Waals surface area contributed by atoms with Crippen LogP contribution >= 0.6 is 12.2 Å². The zero-order valence-electron chi connectivity index (χ0n) is 15.2. The van der Waals surface area contributed by atoms with Crippen LogP contribution in [0.1, 0.15) is 54.0 Å². The van der Waals surface area contributed by atoms with Gasteiger partial charge in [0.05, 0.1) is 5.16 Å². The monoisotopic (exact) mass is 369 g/mol. The number of halogens is 2. The third-order valence-electron chi connectivity index (χ3n) is 4.25. The molecule has 0 saturated carbocycles. The van der Waals surface area contributed by atoms with E-state index in [-0.39, 0.29) is 5.56 Å². The van der Waals surface area contributed by atoms with Crippen molar-refractivity contribution in [3.63, 3.8) is 0 Å². The van der Waals surface area contributed by atoms with Crippen molar-refractivity contribution < 1.29 is 8.78 Å². The third-order valence-corrected chi connectivity index (χ3v) is 4.34. The Kier molecular flexibility index (Phi) is 7.21. The third kappa shape index (κ3) is 5.08. The van der Waals surface area contributed by atoms with E-state index in [1.807, 2.05) is 18.2 Å². The minimum absolute atomic E-state index is 0.257. The maximum absolute atomic E-state index is 13.9. The minimum Gasteiger partial charge on any atom is -0.204 e. The van der Waals surface area contributed by atoms with Crippen LogP contribution in [0.25, 0.3) is 0 Å². The van der Waals surface area contributed by atoms with Crippen molar-refractivity contribution in [2.45, 2.75) is 46.5 Å². The summed E-state index contributed by atoms with van der Waals surface area (Å²) in [6.07, 6.45) is 4.66. The van der Waals surface area contributed by atoms with Crippen molar-refractivity contribution in [1.29, 1.82) is 0 Å². The van der Waals surface area contributed by atoms with Crippen molar-refractivity contribution in [3.05, 3.63) is 63.7 Å². The van der Waals surface area contributed by atoms with Gasteiger partial charge >= 0.3 is 0 Å². The first kappa shape index (κ1) is 20.0. The maximum Gasteiger partial charge on any atom is 0.153 e. The molecule has 0 N–H and O–H groups in total. The topological polar surface area (TPSA) is 12.4 Å². The van der Waals surface area contributed by atoms with E-state index >= 15 is 0 Å². The summed E-state index contributed by atoms with van der Waals surface area (Å²) in [5.74, 6) is 4.25. The Hall–Kier alpha value is -2.34. The standard InChI is InChI=1S/C22H21F2NS/c1-4-5-6-7-18-10-16(3)19(11-15(18)2)9-8-17-12-20(23)22(25-14-26)21(24)13-17/h10-13H,4-7H2,1-3H3. The lowest BCUT2D eigenvalue weighted by molar-refractivity contribution is 0.587. The van der Waals surface area contributed by atoms with Gasteiger partial charge in [-0.1, -0.05) is 37.7 Å². The van der Waals surface area contributed by atoms with Gasteiger partial charge < -0.3 is 0 Å². The SMILES string of the molecule is CCCCCc1cc(C)c(C#Cc2cc(F)c(N=C=S)c(F)c2)cc1C. The van der Waals surface area contributed by atoms with E-state index in [4.69, 9.17) is 0 Å². The summed E-state index contributed by atoms with van der Waals surface area (Å²) in [4.78, 5) is 3.40. The van der Waals surface area contributed by atoms with Crippen molar-refractivity contribution in [2.75, 3.05) is 0 Å². The summed E-state index contributed by atoms with van der Waals surface area (Å²) < 4.78 is 27.8. The molecule has 134 valence electrons. The summed E-state index contributed by atoms with van der Waals surface area (Å²) in [5, 5.41) is 1.97. The van der Waals surface area contributed by atoms with E-state index in [2.05, 4.69) is 49.0 Å². The fraction of sp³-hybridized carbons (Fsp3) is 0.318. The van der Waals surface area contributed by atoms with Gasteiger partial charge in [-0.2, -0.15) is 4.99 Å². The van der Waals surface area contributed by atoms with Crippen LogP contribution < -0.4 is 0 Å². The second kappa shape index (κ2) is 9.38. The van der Waals surface area contributed by atoms with Crippen LogP contribution in [0.4, 0.5) is 14.5 Å². The largest absolute Gasteiger partial charge is 0.204 e. The Morgan fingerprint density at radius 3 is 2.27 bits per heavy atom. The Morgan fingerprint density at radius 1 is 0.962 bits per heavy atom. The number of nitrogens with zero attached hydrogens (tertiary/aromatic N) is 1. The van der Waals surface area contributed by atoms with Crippen LogP contribution in [-0.2, 0) is 6.42 Å². The molecule has 0 heterocycles. The summed E-state index contributed by atoms with van der Waals surface area (Å²) in [5.41, 5.74) is 4.28. The zero-order chi connectivity index (χ0) is 19.1. The zero-order valence-corrected chi connectivity index (χ0v) is 16.1. The van der Waals surface area contributed by atoms with E-state index in [9.17, 15) is 8.78 Å². The molecule has 0 amide bonds. The number of rotatable bonds is 5. The molecule has 0 bridgehead atoms. The second-order valence-corrected chi connectivity index (χ2v) is 6.47. The molecule has 2 aromatic carbocycles. The number of unbranched alkanes of at least 4 members (excludes halogenated alkanes) is 2. The molecule has 0 aliphatic carbocycles. The quantitative estimate of drug-likeness (QED) is 0.255. The molecule has 2 rings (SSSR count). The molecular formula is C22H21F2NS. The molecule has 2 aromatic rings. The van der Waals surface area contributed by atoms with Gasteiger partial charge in [-0.15, -0.1) is 0 Å². The van der Waals surface area contributed by atoms with Gasteiger partial charge in [0.15, 0.2) is 11.6 Å². The van der Waals surface area contributed by atoms with Crippen molar-refractivity contribution in [2.24, 2.45) is 4.99 Å². The molecule has 0 aliphatic rings. The van der Waals surface area contributed by atoms with Gasteiger partial charge in [0.25, 0.3) is 0 Å². The molecule has 0 aromatic heterocycles. The summed E-state index contributed by atoms with van der Waals surface area (Å²) >= 11 is 4.39. The van der Waals surface area contributed by atoms with Crippen LogP contribution in [-0.4, -0.2) is 5.16 Å². The Bertz CT molecular complexity index is 893. The molecule has 0 fully saturated rings. The van der Waals surface area contributed by atoms with Crippen molar-refractivity contribution in [3.8, 4) is 11.8 Å². The number of thiocarbonyl (C=S) groups is 1. The van der Waals surface area contributed by atoms with Gasteiger partial charge in [-0.3, -0.25) is 0 Å². The first-order chi connectivity index (χ1) is 12.5. The lowest BCUT2D eigenvalue weighted by Gasteiger charge is -2.09. The fourth-order valence-electron chi connectivity index (χ4n) is 2.78. The number of benzene rings is 2. The van der Waals surface area contributed by atoms with E-state index in [1.165, 1.54) is 30.4 Å². The van der Waals surface area contributed by atoms with Crippen LogP contribution in [0.3, 0.4) is 0 Å². The highest BCUT2D eigenvalue weighted by Gasteiger charge is 2.09. The van der Waals surface area contributed by atoms with Crippen molar-refractivity contribution >= 4 is 23.1 Å². The number of aliphatic imine (C=N–C) groups is 1.